The molecule has 0 saturated carbocycles. The highest BCUT2D eigenvalue weighted by molar-refractivity contribution is 5.81. The number of hydrogen-bond donors (Lipinski definition) is 1. The molecule has 2 N–H and O–H groups in total. The smallest absolute Gasteiger partial charge is 0.224 e. The molecule has 15 heavy (non-hydrogen) atoms. The van der Waals surface area contributed by atoms with E-state index in [1.807, 2.05) is 19.1 Å². The van der Waals surface area contributed by atoms with Crippen molar-refractivity contribution in [3.8, 4) is 0 Å². The van der Waals surface area contributed by atoms with Gasteiger partial charge in [0.1, 0.15) is 0 Å². The fourth-order valence-corrected chi connectivity index (χ4v) is 1.63. The third-order valence-corrected chi connectivity index (χ3v) is 2.52. The van der Waals surface area contributed by atoms with Crippen molar-refractivity contribution in [3.05, 3.63) is 35.4 Å². The fourth-order valence-electron chi connectivity index (χ4n) is 1.63. The molecular formula is C13H19NO. The van der Waals surface area contributed by atoms with Gasteiger partial charge in [0.25, 0.3) is 0 Å². The predicted octanol–water partition coefficient (Wildman–Crippen LogP) is 2.47. The molecule has 82 valence electrons. The quantitative estimate of drug-likeness (QED) is 0.806. The molecule has 0 saturated heterocycles. The standard InChI is InChI=1S/C13H19NO/c1-9(2)7-11-5-4-6-12(8-11)10(3)13(14)15/h4-6,8-10H,7H2,1-3H3,(H2,14,15)/t10-/m1/s1. The third-order valence-electron chi connectivity index (χ3n) is 2.52. The van der Waals surface area contributed by atoms with Crippen molar-refractivity contribution >= 4 is 5.91 Å². The second-order valence-electron chi connectivity index (χ2n) is 4.47. The van der Waals surface area contributed by atoms with Crippen LogP contribution in [-0.2, 0) is 11.2 Å². The van der Waals surface area contributed by atoms with Crippen molar-refractivity contribution < 1.29 is 4.79 Å². The molecule has 2 heteroatoms. The Balaban J connectivity index is 2.87. The highest BCUT2D eigenvalue weighted by atomic mass is 16.1. The molecule has 0 fully saturated rings. The summed E-state index contributed by atoms with van der Waals surface area (Å²) in [4.78, 5) is 11.1. The molecule has 1 rings (SSSR count). The summed E-state index contributed by atoms with van der Waals surface area (Å²) in [5, 5.41) is 0. The molecule has 1 aromatic rings. The number of benzene rings is 1. The number of amides is 1. The number of carbonyl (C=O) groups excluding carboxylic acids is 1. The molecule has 0 heterocycles. The number of hydrogen-bond acceptors (Lipinski definition) is 1. The van der Waals surface area contributed by atoms with Crippen LogP contribution in [0, 0.1) is 5.92 Å². The molecule has 0 aliphatic heterocycles. The van der Waals surface area contributed by atoms with E-state index in [4.69, 9.17) is 5.73 Å². The zero-order valence-electron chi connectivity index (χ0n) is 9.66. The van der Waals surface area contributed by atoms with E-state index in [1.165, 1.54) is 5.56 Å². The zero-order chi connectivity index (χ0) is 11.4. The van der Waals surface area contributed by atoms with Crippen LogP contribution in [-0.4, -0.2) is 5.91 Å². The van der Waals surface area contributed by atoms with Crippen molar-refractivity contribution in [3.63, 3.8) is 0 Å². The van der Waals surface area contributed by atoms with Crippen LogP contribution in [0.3, 0.4) is 0 Å². The van der Waals surface area contributed by atoms with Gasteiger partial charge < -0.3 is 5.73 Å². The molecule has 0 aromatic heterocycles. The fraction of sp³-hybridized carbons (Fsp3) is 0.462. The molecule has 0 spiro atoms. The average molecular weight is 205 g/mol. The van der Waals surface area contributed by atoms with E-state index in [1.54, 1.807) is 0 Å². The zero-order valence-corrected chi connectivity index (χ0v) is 9.66. The number of nitrogens with two attached hydrogens (primary N) is 1. The lowest BCUT2D eigenvalue weighted by Crippen LogP contribution is -2.18. The van der Waals surface area contributed by atoms with Crippen LogP contribution in [0.15, 0.2) is 24.3 Å². The Morgan fingerprint density at radius 3 is 2.53 bits per heavy atom. The molecule has 0 aliphatic rings. The van der Waals surface area contributed by atoms with Gasteiger partial charge in [0, 0.05) is 0 Å². The Labute approximate surface area is 91.5 Å². The van der Waals surface area contributed by atoms with Crippen LogP contribution in [0.4, 0.5) is 0 Å². The van der Waals surface area contributed by atoms with E-state index in [2.05, 4.69) is 26.0 Å². The average Bonchev–Trinajstić information content (AvgIpc) is 2.16. The topological polar surface area (TPSA) is 43.1 Å². The van der Waals surface area contributed by atoms with E-state index in [9.17, 15) is 4.79 Å². The van der Waals surface area contributed by atoms with E-state index < -0.39 is 0 Å². The second kappa shape index (κ2) is 4.96. The molecule has 0 bridgehead atoms. The molecule has 0 radical (unpaired) electrons. The van der Waals surface area contributed by atoms with E-state index in [0.29, 0.717) is 5.92 Å². The third kappa shape index (κ3) is 3.39. The van der Waals surface area contributed by atoms with Crippen molar-refractivity contribution in [1.82, 2.24) is 0 Å². The normalized spacial score (nSPS) is 12.8. The summed E-state index contributed by atoms with van der Waals surface area (Å²) < 4.78 is 0. The van der Waals surface area contributed by atoms with Crippen LogP contribution < -0.4 is 5.73 Å². The van der Waals surface area contributed by atoms with Gasteiger partial charge in [-0.05, 0) is 30.4 Å². The van der Waals surface area contributed by atoms with Gasteiger partial charge in [-0.15, -0.1) is 0 Å². The Morgan fingerprint density at radius 2 is 2.00 bits per heavy atom. The lowest BCUT2D eigenvalue weighted by atomic mass is 9.95. The number of carbonyl (C=O) groups is 1. The summed E-state index contributed by atoms with van der Waals surface area (Å²) in [5.74, 6) is 0.165. The van der Waals surface area contributed by atoms with Gasteiger partial charge in [-0.1, -0.05) is 38.1 Å². The minimum Gasteiger partial charge on any atom is -0.369 e. The van der Waals surface area contributed by atoms with Gasteiger partial charge in [0.05, 0.1) is 5.92 Å². The lowest BCUT2D eigenvalue weighted by molar-refractivity contribution is -0.119. The highest BCUT2D eigenvalue weighted by Crippen LogP contribution is 2.17. The van der Waals surface area contributed by atoms with Crippen LogP contribution in [0.2, 0.25) is 0 Å². The highest BCUT2D eigenvalue weighted by Gasteiger charge is 2.11. The molecule has 0 aliphatic carbocycles. The van der Waals surface area contributed by atoms with Gasteiger partial charge in [0.2, 0.25) is 5.91 Å². The maximum Gasteiger partial charge on any atom is 0.224 e. The lowest BCUT2D eigenvalue weighted by Gasteiger charge is -2.10. The summed E-state index contributed by atoms with van der Waals surface area (Å²) in [7, 11) is 0. The van der Waals surface area contributed by atoms with Crippen LogP contribution in [0.25, 0.3) is 0 Å². The number of rotatable bonds is 4. The molecule has 2 nitrogen and oxygen atoms in total. The largest absolute Gasteiger partial charge is 0.369 e. The van der Waals surface area contributed by atoms with E-state index in [0.717, 1.165) is 12.0 Å². The Kier molecular flexibility index (Phi) is 3.89. The maximum absolute atomic E-state index is 11.1. The monoisotopic (exact) mass is 205 g/mol. The van der Waals surface area contributed by atoms with Crippen molar-refractivity contribution in [2.45, 2.75) is 33.1 Å². The summed E-state index contributed by atoms with van der Waals surface area (Å²) in [6, 6.07) is 8.12. The molecule has 1 aromatic carbocycles. The summed E-state index contributed by atoms with van der Waals surface area (Å²) in [6.45, 7) is 6.21. The van der Waals surface area contributed by atoms with Crippen molar-refractivity contribution in [1.29, 1.82) is 0 Å². The minimum absolute atomic E-state index is 0.197. The van der Waals surface area contributed by atoms with Gasteiger partial charge in [-0.3, -0.25) is 4.79 Å². The van der Waals surface area contributed by atoms with Gasteiger partial charge in [0.15, 0.2) is 0 Å². The number of primary amides is 1. The minimum atomic E-state index is -0.267. The van der Waals surface area contributed by atoms with Crippen molar-refractivity contribution in [2.75, 3.05) is 0 Å². The second-order valence-corrected chi connectivity index (χ2v) is 4.47. The SMILES string of the molecule is CC(C)Cc1cccc([C@@H](C)C(N)=O)c1. The van der Waals surface area contributed by atoms with Gasteiger partial charge in [-0.2, -0.15) is 0 Å². The van der Waals surface area contributed by atoms with Gasteiger partial charge >= 0.3 is 0 Å². The van der Waals surface area contributed by atoms with E-state index in [-0.39, 0.29) is 11.8 Å². The van der Waals surface area contributed by atoms with Crippen LogP contribution in [0.5, 0.6) is 0 Å². The van der Waals surface area contributed by atoms with Crippen LogP contribution >= 0.6 is 0 Å². The Bertz CT molecular complexity index is 344. The first-order valence-electron chi connectivity index (χ1n) is 5.39. The summed E-state index contributed by atoms with van der Waals surface area (Å²) in [6.07, 6.45) is 1.04. The summed E-state index contributed by atoms with van der Waals surface area (Å²) >= 11 is 0. The van der Waals surface area contributed by atoms with Crippen molar-refractivity contribution in [2.24, 2.45) is 11.7 Å². The first-order valence-corrected chi connectivity index (χ1v) is 5.39. The molecule has 0 unspecified atom stereocenters. The molecule has 1 amide bonds. The van der Waals surface area contributed by atoms with Crippen LogP contribution in [0.1, 0.15) is 37.8 Å². The summed E-state index contributed by atoms with van der Waals surface area (Å²) in [5.41, 5.74) is 7.57. The van der Waals surface area contributed by atoms with Gasteiger partial charge in [-0.25, -0.2) is 0 Å². The predicted molar refractivity (Wildman–Crippen MR) is 62.6 cm³/mol. The molecule has 1 atom stereocenters. The maximum atomic E-state index is 11.1. The first-order chi connectivity index (χ1) is 7.00. The first kappa shape index (κ1) is 11.8. The Hall–Kier alpha value is -1.31. The van der Waals surface area contributed by atoms with E-state index >= 15 is 0 Å². The Morgan fingerprint density at radius 1 is 1.33 bits per heavy atom. The molecular weight excluding hydrogens is 186 g/mol.